The number of hydrogen-bond donors (Lipinski definition) is 2. The van der Waals surface area contributed by atoms with Gasteiger partial charge in [-0.25, -0.2) is 0 Å². The van der Waals surface area contributed by atoms with Gasteiger partial charge in [0.15, 0.2) is 6.61 Å². The van der Waals surface area contributed by atoms with E-state index >= 15 is 0 Å². The molecule has 3 aromatic carbocycles. The first-order chi connectivity index (χ1) is 13.9. The van der Waals surface area contributed by atoms with E-state index in [-0.39, 0.29) is 12.5 Å². The second-order valence-corrected chi connectivity index (χ2v) is 7.54. The van der Waals surface area contributed by atoms with E-state index in [1.807, 2.05) is 54.6 Å². The molecule has 0 unspecified atom stereocenters. The Bertz CT molecular complexity index is 956. The zero-order valence-electron chi connectivity index (χ0n) is 16.4. The van der Waals surface area contributed by atoms with Crippen molar-refractivity contribution in [2.24, 2.45) is 0 Å². The number of hydrogen-bond acceptors (Lipinski definition) is 3. The molecule has 0 saturated carbocycles. The van der Waals surface area contributed by atoms with Crippen LogP contribution in [-0.4, -0.2) is 17.6 Å². The van der Waals surface area contributed by atoms with Gasteiger partial charge in [-0.3, -0.25) is 4.79 Å². The molecule has 3 rings (SSSR count). The largest absolute Gasteiger partial charge is 0.484 e. The molecule has 0 aromatic heterocycles. The van der Waals surface area contributed by atoms with E-state index in [1.54, 1.807) is 18.2 Å². The highest BCUT2D eigenvalue weighted by Crippen LogP contribution is 2.31. The lowest BCUT2D eigenvalue weighted by atomic mass is 10.00. The first kappa shape index (κ1) is 20.9. The lowest BCUT2D eigenvalue weighted by Crippen LogP contribution is -2.21. The number of benzene rings is 3. The summed E-state index contributed by atoms with van der Waals surface area (Å²) in [5.41, 5.74) is 2.95. The van der Waals surface area contributed by atoms with Gasteiger partial charge in [-0.2, -0.15) is 0 Å². The fourth-order valence-corrected chi connectivity index (χ4v) is 3.15. The Labute approximate surface area is 176 Å². The summed E-state index contributed by atoms with van der Waals surface area (Å²) in [7, 11) is 0. The van der Waals surface area contributed by atoms with Crippen molar-refractivity contribution in [1.82, 2.24) is 0 Å². The second kappa shape index (κ2) is 9.59. The van der Waals surface area contributed by atoms with Crippen molar-refractivity contribution in [3.05, 3.63) is 94.5 Å². The van der Waals surface area contributed by atoms with Gasteiger partial charge in [0, 0.05) is 16.3 Å². The Hall–Kier alpha value is -2.82. The number of rotatable bonds is 7. The fraction of sp³-hybridized carbons (Fsp3) is 0.208. The second-order valence-electron chi connectivity index (χ2n) is 7.11. The maximum absolute atomic E-state index is 12.4. The maximum atomic E-state index is 12.4. The van der Waals surface area contributed by atoms with Crippen LogP contribution in [0.5, 0.6) is 5.75 Å². The van der Waals surface area contributed by atoms with E-state index in [0.29, 0.717) is 33.5 Å². The minimum atomic E-state index is -0.908. The number of anilines is 1. The monoisotopic (exact) mass is 409 g/mol. The summed E-state index contributed by atoms with van der Waals surface area (Å²) in [5, 5.41) is 14.0. The number of carbonyl (C=O) groups excluding carboxylic acids is 1. The minimum absolute atomic E-state index is 0.134. The number of ether oxygens (including phenoxy) is 1. The van der Waals surface area contributed by atoms with Gasteiger partial charge >= 0.3 is 0 Å². The topological polar surface area (TPSA) is 58.6 Å². The molecule has 0 aliphatic rings. The van der Waals surface area contributed by atoms with Crippen molar-refractivity contribution in [1.29, 1.82) is 0 Å². The molecule has 0 fully saturated rings. The van der Waals surface area contributed by atoms with Crippen molar-refractivity contribution in [3.63, 3.8) is 0 Å². The van der Waals surface area contributed by atoms with E-state index in [1.165, 1.54) is 5.56 Å². The van der Waals surface area contributed by atoms with Crippen LogP contribution in [0.15, 0.2) is 72.8 Å². The summed E-state index contributed by atoms with van der Waals surface area (Å²) < 4.78 is 5.58. The summed E-state index contributed by atoms with van der Waals surface area (Å²) in [6.45, 7) is 4.11. The number of aliphatic hydroxyl groups excluding tert-OH is 1. The van der Waals surface area contributed by atoms with E-state index in [2.05, 4.69) is 19.2 Å². The molecule has 29 heavy (non-hydrogen) atoms. The normalized spacial score (nSPS) is 11.9. The van der Waals surface area contributed by atoms with Crippen molar-refractivity contribution < 1.29 is 14.6 Å². The van der Waals surface area contributed by atoms with Crippen molar-refractivity contribution in [2.75, 3.05) is 11.9 Å². The average Bonchev–Trinajstić information content (AvgIpc) is 2.74. The van der Waals surface area contributed by atoms with Crippen LogP contribution in [0.2, 0.25) is 5.02 Å². The molecule has 5 heteroatoms. The minimum Gasteiger partial charge on any atom is -0.484 e. The Balaban J connectivity index is 1.68. The molecule has 1 amide bonds. The molecular weight excluding hydrogens is 386 g/mol. The van der Waals surface area contributed by atoms with Gasteiger partial charge in [-0.05, 0) is 47.4 Å². The third kappa shape index (κ3) is 5.59. The number of carbonyl (C=O) groups is 1. The van der Waals surface area contributed by atoms with Crippen LogP contribution in [0.1, 0.15) is 42.6 Å². The van der Waals surface area contributed by atoms with Crippen LogP contribution in [0.25, 0.3) is 0 Å². The van der Waals surface area contributed by atoms with Crippen molar-refractivity contribution in [2.45, 2.75) is 25.9 Å². The third-order valence-corrected chi connectivity index (χ3v) is 4.85. The Morgan fingerprint density at radius 3 is 2.34 bits per heavy atom. The molecule has 0 aliphatic heterocycles. The average molecular weight is 410 g/mol. The molecule has 150 valence electrons. The maximum Gasteiger partial charge on any atom is 0.262 e. The molecule has 0 heterocycles. The van der Waals surface area contributed by atoms with E-state index < -0.39 is 6.10 Å². The van der Waals surface area contributed by atoms with Gasteiger partial charge in [0.25, 0.3) is 5.91 Å². The highest BCUT2D eigenvalue weighted by Gasteiger charge is 2.17. The summed E-state index contributed by atoms with van der Waals surface area (Å²) in [5.74, 6) is 0.749. The highest BCUT2D eigenvalue weighted by molar-refractivity contribution is 6.30. The van der Waals surface area contributed by atoms with Crippen LogP contribution >= 0.6 is 11.6 Å². The molecule has 3 aromatic rings. The van der Waals surface area contributed by atoms with Crippen molar-refractivity contribution in [3.8, 4) is 5.75 Å². The van der Waals surface area contributed by atoms with Gasteiger partial charge in [0.1, 0.15) is 11.9 Å². The zero-order valence-corrected chi connectivity index (χ0v) is 17.2. The quantitative estimate of drug-likeness (QED) is 0.536. The third-order valence-electron chi connectivity index (χ3n) is 4.61. The molecule has 0 radical (unpaired) electrons. The predicted octanol–water partition coefficient (Wildman–Crippen LogP) is 5.56. The van der Waals surface area contributed by atoms with E-state index in [4.69, 9.17) is 16.3 Å². The summed E-state index contributed by atoms with van der Waals surface area (Å²) >= 11 is 6.11. The molecule has 0 saturated heterocycles. The van der Waals surface area contributed by atoms with Crippen LogP contribution in [-0.2, 0) is 4.79 Å². The highest BCUT2D eigenvalue weighted by atomic mass is 35.5. The van der Waals surface area contributed by atoms with Crippen molar-refractivity contribution >= 4 is 23.2 Å². The predicted molar refractivity (Wildman–Crippen MR) is 117 cm³/mol. The molecule has 1 atom stereocenters. The molecule has 0 bridgehead atoms. The lowest BCUT2D eigenvalue weighted by molar-refractivity contribution is -0.118. The van der Waals surface area contributed by atoms with E-state index in [9.17, 15) is 9.90 Å². The molecule has 4 nitrogen and oxygen atoms in total. The first-order valence-electron chi connectivity index (χ1n) is 9.49. The summed E-state index contributed by atoms with van der Waals surface area (Å²) in [4.78, 5) is 12.4. The van der Waals surface area contributed by atoms with Crippen LogP contribution < -0.4 is 10.1 Å². The number of nitrogens with one attached hydrogen (secondary N) is 1. The SMILES string of the molecule is CC(C)c1ccc(OCC(=O)Nc2ccc(Cl)cc2[C@H](O)c2ccccc2)cc1. The Kier molecular flexibility index (Phi) is 6.91. The van der Waals surface area contributed by atoms with Crippen LogP contribution in [0, 0.1) is 0 Å². The summed E-state index contributed by atoms with van der Waals surface area (Å²) in [6.07, 6.45) is -0.908. The van der Waals surface area contributed by atoms with Gasteiger partial charge in [-0.15, -0.1) is 0 Å². The first-order valence-corrected chi connectivity index (χ1v) is 9.87. The Morgan fingerprint density at radius 1 is 1.00 bits per heavy atom. The lowest BCUT2D eigenvalue weighted by Gasteiger charge is -2.17. The fourth-order valence-electron chi connectivity index (χ4n) is 2.97. The van der Waals surface area contributed by atoms with Gasteiger partial charge < -0.3 is 15.2 Å². The standard InChI is InChI=1S/C24H24ClNO3/c1-16(2)17-8-11-20(12-9-17)29-15-23(27)26-22-13-10-19(25)14-21(22)24(28)18-6-4-3-5-7-18/h3-14,16,24,28H,15H2,1-2H3,(H,26,27)/t24-/m1/s1. The van der Waals surface area contributed by atoms with Crippen LogP contribution in [0.4, 0.5) is 5.69 Å². The number of amides is 1. The number of halogens is 1. The molecule has 2 N–H and O–H groups in total. The van der Waals surface area contributed by atoms with Gasteiger partial charge in [-0.1, -0.05) is 67.9 Å². The zero-order chi connectivity index (χ0) is 20.8. The number of aliphatic hydroxyl groups is 1. The van der Waals surface area contributed by atoms with E-state index in [0.717, 1.165) is 0 Å². The van der Waals surface area contributed by atoms with Gasteiger partial charge in [0.2, 0.25) is 0 Å². The van der Waals surface area contributed by atoms with Gasteiger partial charge in [0.05, 0.1) is 0 Å². The van der Waals surface area contributed by atoms with Crippen LogP contribution in [0.3, 0.4) is 0 Å². The molecule has 0 spiro atoms. The smallest absolute Gasteiger partial charge is 0.262 e. The summed E-state index contributed by atoms with van der Waals surface area (Å²) in [6, 6.07) is 21.9. The molecular formula is C24H24ClNO3. The Morgan fingerprint density at radius 2 is 1.69 bits per heavy atom. The molecule has 0 aliphatic carbocycles.